The summed E-state index contributed by atoms with van der Waals surface area (Å²) in [5.41, 5.74) is 3.63. The molecule has 711 valence electrons. The van der Waals surface area contributed by atoms with Crippen molar-refractivity contribution in [3.8, 4) is 11.1 Å². The molecular formula is C100H151I2N10O15V-. The molecule has 0 radical (unpaired) electrons. The Hall–Kier alpha value is -7.58. The van der Waals surface area contributed by atoms with Gasteiger partial charge in [0.15, 0.2) is 0 Å². The van der Waals surface area contributed by atoms with Crippen LogP contribution in [-0.4, -0.2) is 182 Å². The summed E-state index contributed by atoms with van der Waals surface area (Å²) in [7, 11) is 0.628. The molecule has 0 aromatic heterocycles. The number of hydrogen-bond donors (Lipinski definition) is 8. The number of carbonyl (C=O) groups excluding carboxylic acids is 10. The molecular weight excluding hydrogens is 1890 g/mol. The summed E-state index contributed by atoms with van der Waals surface area (Å²) < 4.78 is 22.6. The first-order chi connectivity index (χ1) is 60.2. The van der Waals surface area contributed by atoms with Crippen molar-refractivity contribution in [2.75, 3.05) is 26.2 Å². The number of rotatable bonds is 37. The maximum atomic E-state index is 14.5. The summed E-state index contributed by atoms with van der Waals surface area (Å²) in [4.78, 5) is 138. The third kappa shape index (κ3) is 39.9. The van der Waals surface area contributed by atoms with Crippen LogP contribution in [0.1, 0.15) is 276 Å². The van der Waals surface area contributed by atoms with E-state index in [-0.39, 0.29) is 96.4 Å². The van der Waals surface area contributed by atoms with E-state index in [9.17, 15) is 53.2 Å². The zero-order valence-electron chi connectivity index (χ0n) is 79.9. The number of ether oxygens (including phenoxy) is 4. The molecule has 25 nitrogen and oxygen atoms in total. The minimum atomic E-state index is -0.848. The van der Waals surface area contributed by atoms with Gasteiger partial charge in [0.2, 0.25) is 35.4 Å². The predicted octanol–water partition coefficient (Wildman–Crippen LogP) is 18.7. The van der Waals surface area contributed by atoms with E-state index in [0.29, 0.717) is 138 Å². The van der Waals surface area contributed by atoms with Gasteiger partial charge in [0.25, 0.3) is 0 Å². The molecule has 28 heteroatoms. The number of hydrogen-bond acceptors (Lipinski definition) is 16. The van der Waals surface area contributed by atoms with Crippen LogP contribution >= 0.6 is 40.0 Å². The average Bonchev–Trinajstić information content (AvgIpc) is 1.69. The van der Waals surface area contributed by atoms with Crippen molar-refractivity contribution in [1.82, 2.24) is 52.1 Å². The Morgan fingerprint density at radius 2 is 0.953 bits per heavy atom. The number of piperidine rings is 1. The van der Waals surface area contributed by atoms with E-state index in [1.54, 1.807) is 9.80 Å². The fourth-order valence-corrected chi connectivity index (χ4v) is 16.6. The van der Waals surface area contributed by atoms with Crippen molar-refractivity contribution in [2.45, 2.75) is 343 Å². The molecule has 3 aliphatic heterocycles. The zero-order valence-corrected chi connectivity index (χ0v) is 85.6. The molecule has 3 heterocycles. The molecule has 0 saturated carbocycles. The minimum absolute atomic E-state index is 0.0404. The molecule has 3 fully saturated rings. The summed E-state index contributed by atoms with van der Waals surface area (Å²) in [5.74, 6) is -2.74. The number of benzene rings is 4. The van der Waals surface area contributed by atoms with Crippen molar-refractivity contribution in [2.24, 2.45) is 23.7 Å². The first kappa shape index (κ1) is 111. The molecule has 0 spiro atoms. The predicted molar refractivity (Wildman–Crippen MR) is 520 cm³/mol. The second kappa shape index (κ2) is 54.4. The Balaban J connectivity index is 0.000000428. The van der Waals surface area contributed by atoms with Gasteiger partial charge in [-0.1, -0.05) is 181 Å². The topological polar surface area (TPSA) is 322 Å². The number of carbonyl (C=O) groups is 10. The number of fused-ring (bicyclic) bond motifs is 3. The maximum absolute atomic E-state index is 14.5. The van der Waals surface area contributed by atoms with E-state index in [0.717, 1.165) is 39.8 Å². The molecule has 0 unspecified atom stereocenters. The number of hydroxylamine groups is 2. The van der Waals surface area contributed by atoms with Crippen molar-refractivity contribution in [3.05, 3.63) is 163 Å². The fourth-order valence-electron chi connectivity index (χ4n) is 16.6. The van der Waals surface area contributed by atoms with Gasteiger partial charge in [-0.2, -0.15) is 11.5 Å². The average molecular weight is 2040 g/mol. The van der Waals surface area contributed by atoms with Gasteiger partial charge in [-0.15, -0.1) is 0 Å². The Kier molecular flexibility index (Phi) is 47.2. The normalized spacial score (nSPS) is 17.6. The quantitative estimate of drug-likeness (QED) is 0.00519. The Bertz CT molecular complexity index is 4140. The first-order valence-electron chi connectivity index (χ1n) is 46.0. The summed E-state index contributed by atoms with van der Waals surface area (Å²) in [6, 6.07) is 31.8. The standard InChI is InChI=1S/C51H69N5O7.C46H75N5O8.C3H7.2HI.V/c1-34(2)31-37(53-49(61)63-51(6,7)8)28-27-36(32-35-19-10-9-11-20-35)47(59)56-30-18-26-44(56)46(58)54-43(45(57)55-50(3,4)5)25-16-17-29-52-48(60)62-33-42-40-23-14-12-21-38(40)39-22-13-15-24-41(39)42;1-31(2)27-35(48-43(56)59-44(5,6)7)25-24-34(28-33-19-14-12-15-20-33)42(55)50-26-18-22-38(50)41(54)49-37(40(53)47-32(3)4)21-16-13-17-23-39(52)58-36-29-45(8,9)51(57)46(10,11)30-36;1-3-2;;;/h9-15,19-24,27-28,34,36-37,42-44H,16-18,25-26,29-33H2,1-8H3,(H,52,60)(H,53,61)(H,54,58)(H,55,57);12,14-15,19-20,24-25,31-32,34-38,57H,13,16-18,21-23,26-30H2,1-11H3,(H,47,53)(H,48,56)(H,49,54);1,3H2,2H3;2*1H;/q;;-1;;;+2/p-2/b28-27+;25-24+;;;;/t36-,37-,43+,44+;34-,35-,37+,38+;;;;/m11..../s1. The molecule has 8 atom stereocenters. The molecule has 4 aromatic rings. The van der Waals surface area contributed by atoms with Crippen molar-refractivity contribution in [1.29, 1.82) is 0 Å². The second-order valence-corrected chi connectivity index (χ2v) is 51.2. The monoisotopic (exact) mass is 2040 g/mol. The zero-order chi connectivity index (χ0) is 95.3. The third-order valence-corrected chi connectivity index (χ3v) is 21.9. The van der Waals surface area contributed by atoms with Crippen LogP contribution in [-0.2, 0) is 74.8 Å². The number of amides is 9. The summed E-state index contributed by atoms with van der Waals surface area (Å²) in [5, 5.41) is 32.6. The van der Waals surface area contributed by atoms with Crippen molar-refractivity contribution >= 4 is 99.6 Å². The molecule has 0 bridgehead atoms. The van der Waals surface area contributed by atoms with Gasteiger partial charge in [0.05, 0.1) is 23.9 Å². The molecule has 4 aliphatic rings. The molecule has 128 heavy (non-hydrogen) atoms. The van der Waals surface area contributed by atoms with Crippen LogP contribution in [0.2, 0.25) is 0 Å². The number of nitrogens with zero attached hydrogens (tertiary/aromatic N) is 3. The van der Waals surface area contributed by atoms with Crippen LogP contribution in [0, 0.1) is 30.6 Å². The molecule has 8 rings (SSSR count). The van der Waals surface area contributed by atoms with Crippen LogP contribution in [0.5, 0.6) is 0 Å². The van der Waals surface area contributed by atoms with E-state index in [1.807, 2.05) is 220 Å². The van der Waals surface area contributed by atoms with Crippen LogP contribution in [0.15, 0.2) is 133 Å². The fraction of sp³-hybridized carbons (Fsp3) is 0.610. The number of likely N-dealkylation sites (tertiary alicyclic amines) is 2. The van der Waals surface area contributed by atoms with Gasteiger partial charge in [-0.05, 0) is 233 Å². The molecule has 8 N–H and O–H groups in total. The number of alkyl carbamates (subject to hydrolysis) is 3. The van der Waals surface area contributed by atoms with Gasteiger partial charge in [-0.3, -0.25) is 33.6 Å². The van der Waals surface area contributed by atoms with Gasteiger partial charge in [0, 0.05) is 67.5 Å². The van der Waals surface area contributed by atoms with E-state index in [4.69, 9.17) is 18.9 Å². The molecule has 1 aliphatic carbocycles. The van der Waals surface area contributed by atoms with E-state index in [2.05, 4.69) is 136 Å². The number of halogens is 2. The Morgan fingerprint density at radius 1 is 0.547 bits per heavy atom. The van der Waals surface area contributed by atoms with Crippen LogP contribution in [0.3, 0.4) is 0 Å². The van der Waals surface area contributed by atoms with Crippen LogP contribution < -0.4 is 37.2 Å². The van der Waals surface area contributed by atoms with Crippen molar-refractivity contribution < 1.29 is 81.6 Å². The van der Waals surface area contributed by atoms with Crippen LogP contribution in [0.4, 0.5) is 14.4 Å². The van der Waals surface area contributed by atoms with Gasteiger partial charge in [-0.25, -0.2) is 14.4 Å². The summed E-state index contributed by atoms with van der Waals surface area (Å²) >= 11 is 4.74. The van der Waals surface area contributed by atoms with E-state index < -0.39 is 82.1 Å². The van der Waals surface area contributed by atoms with Crippen LogP contribution in [0.25, 0.3) is 11.1 Å². The number of unbranched alkanes of at least 4 members (excludes halogenated alkanes) is 3. The van der Waals surface area contributed by atoms with E-state index >= 15 is 0 Å². The van der Waals surface area contributed by atoms with Gasteiger partial charge < -0.3 is 78.1 Å². The number of esters is 1. The summed E-state index contributed by atoms with van der Waals surface area (Å²) in [6.45, 7) is 43.1. The molecule has 3 saturated heterocycles. The van der Waals surface area contributed by atoms with Crippen molar-refractivity contribution in [3.63, 3.8) is 0 Å². The SMILES string of the molecule is CC(C)C[C@@H](/C=C/[C@H](Cc1ccccc1)C(=O)N1CCC[C@H]1C(=O)N[C@@H](CCCCCC(=O)OC1CC(C)(C)N(O)C(C)(C)C1)C(=O)NC(C)C)NC(=O)OC(C)(C)C.CC(C)C[C@@H](/C=C/[C@H](Cc1ccccc1)C(=O)N1CCC[C@H]1C(=O)N[C@@H](CCCCNC(=O)OCC1c2ccccc2-c2ccccc21)C(=O)NC(C)(C)C)NC(=O)OC(C)(C)C.[CH2-]CC.[I][V][I]. The number of nitrogens with one attached hydrogen (secondary N) is 7. The molecule has 4 aromatic carbocycles. The second-order valence-electron chi connectivity index (χ2n) is 39.4. The van der Waals surface area contributed by atoms with Gasteiger partial charge in [0.1, 0.15) is 48.1 Å². The Morgan fingerprint density at radius 3 is 1.36 bits per heavy atom. The summed E-state index contributed by atoms with van der Waals surface area (Å²) in [6.07, 6.45) is 15.8. The van der Waals surface area contributed by atoms with Gasteiger partial charge >= 0.3 is 73.7 Å². The van der Waals surface area contributed by atoms with E-state index in [1.165, 1.54) is 5.06 Å². The first-order valence-corrected chi connectivity index (χ1v) is 55.0. The Labute approximate surface area is 793 Å². The molecule has 9 amide bonds. The third-order valence-electron chi connectivity index (χ3n) is 21.9.